The van der Waals surface area contributed by atoms with Crippen LogP contribution in [0, 0.1) is 0 Å². The lowest BCUT2D eigenvalue weighted by molar-refractivity contribution is 0.0948. The second-order valence-electron chi connectivity index (χ2n) is 4.30. The van der Waals surface area contributed by atoms with Gasteiger partial charge in [0.15, 0.2) is 5.69 Å². The molecule has 21 heavy (non-hydrogen) atoms. The van der Waals surface area contributed by atoms with Crippen molar-refractivity contribution in [2.75, 3.05) is 6.54 Å². The van der Waals surface area contributed by atoms with Crippen molar-refractivity contribution < 1.29 is 13.2 Å². The highest BCUT2D eigenvalue weighted by atomic mass is 35.7. The van der Waals surface area contributed by atoms with Gasteiger partial charge >= 0.3 is 0 Å². The van der Waals surface area contributed by atoms with E-state index in [1.54, 1.807) is 12.1 Å². The van der Waals surface area contributed by atoms with Gasteiger partial charge in [0.2, 0.25) is 0 Å². The Balaban J connectivity index is 1.78. The smallest absolute Gasteiger partial charge is 0.273 e. The van der Waals surface area contributed by atoms with Gasteiger partial charge < -0.3 is 5.32 Å². The monoisotopic (exact) mass is 328 g/mol. The van der Waals surface area contributed by atoms with E-state index in [0.29, 0.717) is 13.0 Å². The Kier molecular flexibility index (Phi) is 4.92. The van der Waals surface area contributed by atoms with Gasteiger partial charge in [0, 0.05) is 17.2 Å². The van der Waals surface area contributed by atoms with Crippen molar-refractivity contribution >= 4 is 25.6 Å². The third-order valence-corrected chi connectivity index (χ3v) is 4.15. The lowest BCUT2D eigenvalue weighted by Crippen LogP contribution is -2.25. The predicted molar refractivity (Wildman–Crippen MR) is 76.5 cm³/mol. The van der Waals surface area contributed by atoms with Crippen LogP contribution in [0.2, 0.25) is 0 Å². The van der Waals surface area contributed by atoms with E-state index in [2.05, 4.69) is 20.7 Å². The molecular weight excluding hydrogens is 316 g/mol. The molecule has 9 heteroatoms. The largest absolute Gasteiger partial charge is 0.351 e. The van der Waals surface area contributed by atoms with Crippen molar-refractivity contribution in [1.82, 2.24) is 20.7 Å². The predicted octanol–water partition coefficient (Wildman–Crippen LogP) is 1.09. The Morgan fingerprint density at radius 1 is 1.29 bits per heavy atom. The molecule has 2 aromatic rings. The zero-order valence-corrected chi connectivity index (χ0v) is 12.5. The van der Waals surface area contributed by atoms with Gasteiger partial charge in [-0.2, -0.15) is 15.4 Å². The fourth-order valence-electron chi connectivity index (χ4n) is 1.71. The summed E-state index contributed by atoms with van der Waals surface area (Å²) in [6.45, 7) is 0.487. The first-order chi connectivity index (χ1) is 9.97. The molecule has 0 aliphatic rings. The molecule has 0 fully saturated rings. The van der Waals surface area contributed by atoms with Crippen molar-refractivity contribution in [3.05, 3.63) is 41.7 Å². The number of benzene rings is 1. The summed E-state index contributed by atoms with van der Waals surface area (Å²) in [5, 5.41) is 12.3. The van der Waals surface area contributed by atoms with Gasteiger partial charge in [0.1, 0.15) is 0 Å². The fraction of sp³-hybridized carbons (Fsp3) is 0.250. The van der Waals surface area contributed by atoms with Crippen LogP contribution in [0.25, 0.3) is 0 Å². The lowest BCUT2D eigenvalue weighted by atomic mass is 10.1. The molecule has 1 heterocycles. The third-order valence-electron chi connectivity index (χ3n) is 2.78. The molecule has 0 saturated carbocycles. The topological polar surface area (TPSA) is 105 Å². The van der Waals surface area contributed by atoms with Gasteiger partial charge in [0.25, 0.3) is 15.0 Å². The number of rotatable bonds is 6. The number of carbonyl (C=O) groups excluding carboxylic acids is 1. The Labute approximate surface area is 126 Å². The molecule has 0 aliphatic carbocycles. The summed E-state index contributed by atoms with van der Waals surface area (Å²) in [4.78, 5) is 11.6. The summed E-state index contributed by atoms with van der Waals surface area (Å²) in [5.74, 6) is -0.285. The van der Waals surface area contributed by atoms with Gasteiger partial charge in [-0.15, -0.1) is 0 Å². The molecule has 2 rings (SSSR count). The molecule has 1 aromatic carbocycles. The summed E-state index contributed by atoms with van der Waals surface area (Å²) >= 11 is 0. The molecule has 0 spiro atoms. The first-order valence-electron chi connectivity index (χ1n) is 6.14. The molecule has 1 amide bonds. The third kappa shape index (κ3) is 4.54. The van der Waals surface area contributed by atoms with Crippen molar-refractivity contribution in [2.24, 2.45) is 0 Å². The zero-order chi connectivity index (χ0) is 15.3. The van der Waals surface area contributed by atoms with Crippen molar-refractivity contribution in [3.63, 3.8) is 0 Å². The van der Waals surface area contributed by atoms with Crippen LogP contribution in [0.15, 0.2) is 35.4 Å². The van der Waals surface area contributed by atoms with Gasteiger partial charge in [-0.05, 0) is 30.5 Å². The second kappa shape index (κ2) is 6.68. The number of amides is 1. The number of hydrogen-bond acceptors (Lipinski definition) is 5. The quantitative estimate of drug-likeness (QED) is 0.610. The highest BCUT2D eigenvalue weighted by molar-refractivity contribution is 8.13. The average molecular weight is 329 g/mol. The molecule has 112 valence electrons. The Hall–Kier alpha value is -1.93. The minimum absolute atomic E-state index is 0.0762. The summed E-state index contributed by atoms with van der Waals surface area (Å²) in [6, 6.07) is 6.33. The molecule has 0 atom stereocenters. The Bertz CT molecular complexity index is 699. The van der Waals surface area contributed by atoms with Crippen LogP contribution in [0.4, 0.5) is 0 Å². The number of halogens is 1. The first-order valence-corrected chi connectivity index (χ1v) is 8.45. The maximum Gasteiger partial charge on any atom is 0.273 e. The molecule has 0 aliphatic heterocycles. The number of aromatic amines is 1. The standard InChI is InChI=1S/C12H13ClN4O3S/c13-21(19,20)10-5-3-9(4-6-10)2-1-7-14-12(18)11-8-15-17-16-11/h3-6,8H,1-2,7H2,(H,14,18)(H,15,16,17). The minimum Gasteiger partial charge on any atom is -0.351 e. The average Bonchev–Trinajstić information content (AvgIpc) is 2.97. The number of H-pyrrole nitrogens is 1. The fourth-order valence-corrected chi connectivity index (χ4v) is 2.48. The second-order valence-corrected chi connectivity index (χ2v) is 6.86. The normalized spacial score (nSPS) is 11.3. The van der Waals surface area contributed by atoms with Crippen LogP contribution in [-0.2, 0) is 15.5 Å². The van der Waals surface area contributed by atoms with E-state index in [0.717, 1.165) is 12.0 Å². The van der Waals surface area contributed by atoms with Gasteiger partial charge in [0.05, 0.1) is 11.1 Å². The van der Waals surface area contributed by atoms with Gasteiger partial charge in [-0.1, -0.05) is 12.1 Å². The number of carbonyl (C=O) groups is 1. The summed E-state index contributed by atoms with van der Waals surface area (Å²) in [6.07, 6.45) is 2.78. The maximum atomic E-state index is 11.6. The van der Waals surface area contributed by atoms with Crippen LogP contribution in [-0.4, -0.2) is 36.3 Å². The SMILES string of the molecule is O=C(NCCCc1ccc(S(=O)(=O)Cl)cc1)c1cn[nH]n1. The van der Waals surface area contributed by atoms with Crippen molar-refractivity contribution in [1.29, 1.82) is 0 Å². The molecule has 0 bridgehead atoms. The van der Waals surface area contributed by atoms with Crippen LogP contribution < -0.4 is 5.32 Å². The van der Waals surface area contributed by atoms with E-state index in [4.69, 9.17) is 10.7 Å². The summed E-state index contributed by atoms with van der Waals surface area (Å²) in [5.41, 5.74) is 1.21. The number of aryl methyl sites for hydroxylation is 1. The number of nitrogens with zero attached hydrogens (tertiary/aromatic N) is 2. The minimum atomic E-state index is -3.68. The van der Waals surface area contributed by atoms with Crippen LogP contribution in [0.1, 0.15) is 22.5 Å². The molecule has 1 aromatic heterocycles. The molecule has 0 saturated heterocycles. The van der Waals surface area contributed by atoms with E-state index in [-0.39, 0.29) is 16.5 Å². The number of hydrogen-bond donors (Lipinski definition) is 2. The van der Waals surface area contributed by atoms with E-state index in [1.165, 1.54) is 18.3 Å². The van der Waals surface area contributed by atoms with Crippen molar-refractivity contribution in [2.45, 2.75) is 17.7 Å². The Morgan fingerprint density at radius 3 is 2.57 bits per heavy atom. The van der Waals surface area contributed by atoms with Crippen LogP contribution in [0.5, 0.6) is 0 Å². The van der Waals surface area contributed by atoms with Crippen LogP contribution in [0.3, 0.4) is 0 Å². The van der Waals surface area contributed by atoms with Crippen molar-refractivity contribution in [3.8, 4) is 0 Å². The van der Waals surface area contributed by atoms with E-state index < -0.39 is 9.05 Å². The first kappa shape index (κ1) is 15.5. The lowest BCUT2D eigenvalue weighted by Gasteiger charge is -2.04. The number of aromatic nitrogens is 3. The van der Waals surface area contributed by atoms with E-state index >= 15 is 0 Å². The summed E-state index contributed by atoms with van der Waals surface area (Å²) in [7, 11) is 1.55. The molecular formula is C12H13ClN4O3S. The van der Waals surface area contributed by atoms with Crippen LogP contribution >= 0.6 is 10.7 Å². The summed E-state index contributed by atoms with van der Waals surface area (Å²) < 4.78 is 22.2. The molecule has 0 radical (unpaired) electrons. The molecule has 2 N–H and O–H groups in total. The Morgan fingerprint density at radius 2 is 2.00 bits per heavy atom. The van der Waals surface area contributed by atoms with Gasteiger partial charge in [-0.3, -0.25) is 4.79 Å². The number of nitrogens with one attached hydrogen (secondary N) is 2. The van der Waals surface area contributed by atoms with Gasteiger partial charge in [-0.25, -0.2) is 8.42 Å². The highest BCUT2D eigenvalue weighted by Gasteiger charge is 2.09. The van der Waals surface area contributed by atoms with E-state index in [1.807, 2.05) is 0 Å². The zero-order valence-electron chi connectivity index (χ0n) is 10.9. The molecule has 7 nitrogen and oxygen atoms in total. The highest BCUT2D eigenvalue weighted by Crippen LogP contribution is 2.15. The maximum absolute atomic E-state index is 11.6. The molecule has 0 unspecified atom stereocenters. The van der Waals surface area contributed by atoms with E-state index in [9.17, 15) is 13.2 Å².